The van der Waals surface area contributed by atoms with E-state index in [9.17, 15) is 4.79 Å². The van der Waals surface area contributed by atoms with Gasteiger partial charge in [-0.05, 0) is 24.5 Å². The Kier molecular flexibility index (Phi) is 3.62. The van der Waals surface area contributed by atoms with Crippen LogP contribution < -0.4 is 0 Å². The summed E-state index contributed by atoms with van der Waals surface area (Å²) in [4.78, 5) is 16.4. The van der Waals surface area contributed by atoms with E-state index in [0.29, 0.717) is 11.8 Å². The number of aliphatic imine (C=N–C) groups is 1. The van der Waals surface area contributed by atoms with E-state index in [2.05, 4.69) is 4.99 Å². The molecular formula is C16H19NO2. The average Bonchev–Trinajstić information content (AvgIpc) is 2.82. The lowest BCUT2D eigenvalue weighted by molar-refractivity contribution is -0.135. The Hall–Kier alpha value is -1.64. The number of nitrogens with zero attached hydrogens (tertiary/aromatic N) is 1. The van der Waals surface area contributed by atoms with Gasteiger partial charge in [-0.1, -0.05) is 50.3 Å². The molecule has 19 heavy (non-hydrogen) atoms. The standard InChI is InChI=1S/C16H19NO2/c18-16-14(11-12-7-3-1-4-8-12)17-15(19-16)13-9-5-2-6-10-13/h2,5-6,9-10,12,14H,1,3-4,7-8,11H2/t14-/m0/s1. The van der Waals surface area contributed by atoms with Crippen LogP contribution in [0.15, 0.2) is 35.3 Å². The van der Waals surface area contributed by atoms with Gasteiger partial charge < -0.3 is 4.74 Å². The minimum absolute atomic E-state index is 0.176. The van der Waals surface area contributed by atoms with Crippen LogP contribution in [0.5, 0.6) is 0 Å². The lowest BCUT2D eigenvalue weighted by atomic mass is 9.85. The van der Waals surface area contributed by atoms with Crippen molar-refractivity contribution < 1.29 is 9.53 Å². The van der Waals surface area contributed by atoms with Gasteiger partial charge in [-0.15, -0.1) is 0 Å². The summed E-state index contributed by atoms with van der Waals surface area (Å²) in [5.74, 6) is 0.959. The van der Waals surface area contributed by atoms with Gasteiger partial charge in [0, 0.05) is 5.56 Å². The molecule has 0 bridgehead atoms. The van der Waals surface area contributed by atoms with Crippen molar-refractivity contribution in [3.05, 3.63) is 35.9 Å². The first-order valence-electron chi connectivity index (χ1n) is 7.18. The van der Waals surface area contributed by atoms with E-state index in [-0.39, 0.29) is 12.0 Å². The van der Waals surface area contributed by atoms with E-state index >= 15 is 0 Å². The van der Waals surface area contributed by atoms with Crippen molar-refractivity contribution in [2.24, 2.45) is 10.9 Å². The molecule has 1 heterocycles. The Balaban J connectivity index is 1.69. The highest BCUT2D eigenvalue weighted by Gasteiger charge is 2.32. The smallest absolute Gasteiger partial charge is 0.337 e. The summed E-state index contributed by atoms with van der Waals surface area (Å²) in [6.45, 7) is 0. The molecule has 1 aliphatic heterocycles. The number of hydrogen-bond donors (Lipinski definition) is 0. The number of carbonyl (C=O) groups excluding carboxylic acids is 1. The van der Waals surface area contributed by atoms with Crippen LogP contribution in [0.4, 0.5) is 0 Å². The zero-order valence-electron chi connectivity index (χ0n) is 11.0. The Morgan fingerprint density at radius 2 is 1.84 bits per heavy atom. The summed E-state index contributed by atoms with van der Waals surface area (Å²) in [7, 11) is 0. The molecule has 0 amide bonds. The van der Waals surface area contributed by atoms with Gasteiger partial charge in [0.25, 0.3) is 0 Å². The number of esters is 1. The molecule has 1 atom stereocenters. The molecule has 0 N–H and O–H groups in total. The lowest BCUT2D eigenvalue weighted by Gasteiger charge is -2.21. The molecule has 1 aromatic carbocycles. The van der Waals surface area contributed by atoms with Crippen molar-refractivity contribution in [1.29, 1.82) is 0 Å². The highest BCUT2D eigenvalue weighted by Crippen LogP contribution is 2.30. The van der Waals surface area contributed by atoms with E-state index in [1.165, 1.54) is 32.1 Å². The summed E-state index contributed by atoms with van der Waals surface area (Å²) in [5, 5.41) is 0. The average molecular weight is 257 g/mol. The second kappa shape index (κ2) is 5.55. The third-order valence-corrected chi connectivity index (χ3v) is 4.04. The molecule has 100 valence electrons. The van der Waals surface area contributed by atoms with Crippen molar-refractivity contribution in [2.75, 3.05) is 0 Å². The zero-order chi connectivity index (χ0) is 13.1. The first-order valence-corrected chi connectivity index (χ1v) is 7.18. The van der Waals surface area contributed by atoms with Gasteiger partial charge in [-0.3, -0.25) is 0 Å². The largest absolute Gasteiger partial charge is 0.406 e. The Bertz CT molecular complexity index is 475. The predicted octanol–water partition coefficient (Wildman–Crippen LogP) is 3.33. The molecule has 0 saturated heterocycles. The van der Waals surface area contributed by atoms with E-state index < -0.39 is 0 Å². The van der Waals surface area contributed by atoms with Gasteiger partial charge >= 0.3 is 5.97 Å². The quantitative estimate of drug-likeness (QED) is 0.779. The normalized spacial score (nSPS) is 24.1. The van der Waals surface area contributed by atoms with Crippen LogP contribution in [0.25, 0.3) is 0 Å². The topological polar surface area (TPSA) is 38.7 Å². The van der Waals surface area contributed by atoms with E-state index in [1.807, 2.05) is 30.3 Å². The molecule has 0 spiro atoms. The SMILES string of the molecule is O=C1OC(c2ccccc2)=N[C@H]1CC1CCCCC1. The Morgan fingerprint density at radius 3 is 2.58 bits per heavy atom. The summed E-state index contributed by atoms with van der Waals surface area (Å²) >= 11 is 0. The van der Waals surface area contributed by atoms with Gasteiger partial charge in [0.15, 0.2) is 6.04 Å². The molecule has 0 unspecified atom stereocenters. The Labute approximate surface area is 113 Å². The van der Waals surface area contributed by atoms with Crippen molar-refractivity contribution in [3.63, 3.8) is 0 Å². The first kappa shape index (κ1) is 12.4. The van der Waals surface area contributed by atoms with Crippen LogP contribution >= 0.6 is 0 Å². The second-order valence-electron chi connectivity index (χ2n) is 5.48. The highest BCUT2D eigenvalue weighted by molar-refractivity contribution is 6.06. The van der Waals surface area contributed by atoms with Crippen LogP contribution in [-0.2, 0) is 9.53 Å². The molecule has 3 rings (SSSR count). The zero-order valence-corrected chi connectivity index (χ0v) is 11.0. The number of hydrogen-bond acceptors (Lipinski definition) is 3. The fourth-order valence-corrected chi connectivity index (χ4v) is 2.99. The third-order valence-electron chi connectivity index (χ3n) is 4.04. The number of ether oxygens (including phenoxy) is 1. The second-order valence-corrected chi connectivity index (χ2v) is 5.48. The molecule has 3 nitrogen and oxygen atoms in total. The number of carbonyl (C=O) groups is 1. The Morgan fingerprint density at radius 1 is 1.11 bits per heavy atom. The maximum atomic E-state index is 11.9. The number of benzene rings is 1. The summed E-state index contributed by atoms with van der Waals surface area (Å²) in [6, 6.07) is 9.38. The van der Waals surface area contributed by atoms with Crippen LogP contribution in [-0.4, -0.2) is 17.9 Å². The van der Waals surface area contributed by atoms with Crippen LogP contribution in [0.3, 0.4) is 0 Å². The maximum Gasteiger partial charge on any atom is 0.337 e. The predicted molar refractivity (Wildman–Crippen MR) is 74.1 cm³/mol. The van der Waals surface area contributed by atoms with E-state index in [4.69, 9.17) is 4.74 Å². The van der Waals surface area contributed by atoms with Crippen molar-refractivity contribution in [1.82, 2.24) is 0 Å². The van der Waals surface area contributed by atoms with Gasteiger partial charge in [-0.2, -0.15) is 0 Å². The summed E-state index contributed by atoms with van der Waals surface area (Å²) < 4.78 is 5.31. The molecule has 3 heteroatoms. The number of cyclic esters (lactones) is 1. The van der Waals surface area contributed by atoms with Crippen molar-refractivity contribution in [2.45, 2.75) is 44.6 Å². The molecule has 1 fully saturated rings. The van der Waals surface area contributed by atoms with Gasteiger partial charge in [0.05, 0.1) is 0 Å². The van der Waals surface area contributed by atoms with Crippen LogP contribution in [0.2, 0.25) is 0 Å². The number of rotatable bonds is 3. The van der Waals surface area contributed by atoms with Gasteiger partial charge in [-0.25, -0.2) is 9.79 Å². The van der Waals surface area contributed by atoms with Crippen LogP contribution in [0.1, 0.15) is 44.1 Å². The minimum atomic E-state index is -0.279. The minimum Gasteiger partial charge on any atom is -0.406 e. The molecule has 1 saturated carbocycles. The molecular weight excluding hydrogens is 238 g/mol. The summed E-state index contributed by atoms with van der Waals surface area (Å²) in [5.41, 5.74) is 0.891. The van der Waals surface area contributed by atoms with E-state index in [1.54, 1.807) is 0 Å². The highest BCUT2D eigenvalue weighted by atomic mass is 16.6. The van der Waals surface area contributed by atoms with E-state index in [0.717, 1.165) is 12.0 Å². The van der Waals surface area contributed by atoms with Gasteiger partial charge in [0.1, 0.15) is 0 Å². The maximum absolute atomic E-state index is 11.9. The first-order chi connectivity index (χ1) is 9.33. The van der Waals surface area contributed by atoms with Gasteiger partial charge in [0.2, 0.25) is 5.90 Å². The fourth-order valence-electron chi connectivity index (χ4n) is 2.99. The fraction of sp³-hybridized carbons (Fsp3) is 0.500. The molecule has 0 aromatic heterocycles. The van der Waals surface area contributed by atoms with Crippen molar-refractivity contribution >= 4 is 11.9 Å². The van der Waals surface area contributed by atoms with Crippen LogP contribution in [0, 0.1) is 5.92 Å². The third kappa shape index (κ3) is 2.86. The molecule has 0 radical (unpaired) electrons. The van der Waals surface area contributed by atoms with Crippen molar-refractivity contribution in [3.8, 4) is 0 Å². The molecule has 1 aliphatic carbocycles. The summed E-state index contributed by atoms with van der Waals surface area (Å²) in [6.07, 6.45) is 7.25. The molecule has 1 aromatic rings. The molecule has 2 aliphatic rings. The lowest BCUT2D eigenvalue weighted by Crippen LogP contribution is -2.20. The monoisotopic (exact) mass is 257 g/mol.